The second-order valence-corrected chi connectivity index (χ2v) is 4.60. The predicted molar refractivity (Wildman–Crippen MR) is 76.1 cm³/mol. The van der Waals surface area contributed by atoms with Crippen LogP contribution in [0.4, 0.5) is 10.2 Å². The van der Waals surface area contributed by atoms with Crippen LogP contribution in [0.15, 0.2) is 18.2 Å². The van der Waals surface area contributed by atoms with Crippen molar-refractivity contribution in [3.63, 3.8) is 0 Å². The summed E-state index contributed by atoms with van der Waals surface area (Å²) in [5.41, 5.74) is 2.35. The lowest BCUT2D eigenvalue weighted by molar-refractivity contribution is 0.628. The fourth-order valence-electron chi connectivity index (χ4n) is 1.91. The number of halogens is 2. The normalized spacial score (nSPS) is 10.6. The zero-order valence-electron chi connectivity index (χ0n) is 11.1. The smallest absolute Gasteiger partial charge is 0.132 e. The quantitative estimate of drug-likeness (QED) is 0.927. The number of nitrogens with one attached hydrogen (secondary N) is 1. The third-order valence-electron chi connectivity index (χ3n) is 2.93. The molecule has 19 heavy (non-hydrogen) atoms. The number of anilines is 1. The molecule has 0 aliphatic rings. The highest BCUT2D eigenvalue weighted by molar-refractivity contribution is 6.33. The Morgan fingerprint density at radius 2 is 2.05 bits per heavy atom. The molecule has 0 aliphatic carbocycles. The minimum Gasteiger partial charge on any atom is -0.373 e. The Bertz CT molecular complexity index is 614. The van der Waals surface area contributed by atoms with E-state index < -0.39 is 0 Å². The summed E-state index contributed by atoms with van der Waals surface area (Å²) in [6.45, 7) is 3.90. The van der Waals surface area contributed by atoms with Gasteiger partial charge in [-0.3, -0.25) is 0 Å². The molecule has 0 saturated carbocycles. The molecule has 1 aromatic heterocycles. The summed E-state index contributed by atoms with van der Waals surface area (Å²) in [6, 6.07) is 4.32. The second-order valence-electron chi connectivity index (χ2n) is 4.19. The number of nitrogens with zero attached hydrogens (tertiary/aromatic N) is 2. The van der Waals surface area contributed by atoms with E-state index in [1.165, 1.54) is 12.1 Å². The molecule has 1 heterocycles. The van der Waals surface area contributed by atoms with E-state index in [1.54, 1.807) is 6.07 Å². The second kappa shape index (κ2) is 5.53. The standard InChI is InChI=1S/C14H15ClFN3/c1-4-12-18-13(8(2)14(17-3)19-12)10-6-5-9(16)7-11(10)15/h5-7H,4H2,1-3H3,(H,17,18,19). The van der Waals surface area contributed by atoms with E-state index in [4.69, 9.17) is 11.6 Å². The van der Waals surface area contributed by atoms with Gasteiger partial charge in [-0.15, -0.1) is 0 Å². The molecule has 0 atom stereocenters. The van der Waals surface area contributed by atoms with Crippen LogP contribution in [-0.4, -0.2) is 17.0 Å². The SMILES string of the molecule is CCc1nc(NC)c(C)c(-c2ccc(F)cc2Cl)n1. The van der Waals surface area contributed by atoms with Crippen LogP contribution >= 0.6 is 11.6 Å². The van der Waals surface area contributed by atoms with Crippen molar-refractivity contribution in [2.75, 3.05) is 12.4 Å². The van der Waals surface area contributed by atoms with Crippen LogP contribution in [0.25, 0.3) is 11.3 Å². The maximum Gasteiger partial charge on any atom is 0.132 e. The molecule has 100 valence electrons. The Hall–Kier alpha value is -1.68. The Morgan fingerprint density at radius 3 is 2.63 bits per heavy atom. The molecule has 0 bridgehead atoms. The average molecular weight is 280 g/mol. The summed E-state index contributed by atoms with van der Waals surface area (Å²) < 4.78 is 13.1. The molecule has 5 heteroatoms. The Kier molecular flexibility index (Phi) is 4.00. The number of benzene rings is 1. The lowest BCUT2D eigenvalue weighted by Gasteiger charge is -2.12. The lowest BCUT2D eigenvalue weighted by Crippen LogP contribution is -2.04. The van der Waals surface area contributed by atoms with Crippen molar-refractivity contribution in [1.82, 2.24) is 9.97 Å². The topological polar surface area (TPSA) is 37.8 Å². The highest BCUT2D eigenvalue weighted by atomic mass is 35.5. The first-order valence-corrected chi connectivity index (χ1v) is 6.45. The number of aryl methyl sites for hydroxylation is 1. The van der Waals surface area contributed by atoms with Gasteiger partial charge >= 0.3 is 0 Å². The summed E-state index contributed by atoms with van der Waals surface area (Å²) in [5.74, 6) is 1.14. The monoisotopic (exact) mass is 279 g/mol. The van der Waals surface area contributed by atoms with Gasteiger partial charge in [0.2, 0.25) is 0 Å². The number of hydrogen-bond donors (Lipinski definition) is 1. The highest BCUT2D eigenvalue weighted by Crippen LogP contribution is 2.31. The summed E-state index contributed by atoms with van der Waals surface area (Å²) in [7, 11) is 1.81. The number of aromatic nitrogens is 2. The van der Waals surface area contributed by atoms with Crippen molar-refractivity contribution < 1.29 is 4.39 Å². The van der Waals surface area contributed by atoms with Crippen LogP contribution in [0.3, 0.4) is 0 Å². The summed E-state index contributed by atoms with van der Waals surface area (Å²) in [4.78, 5) is 8.91. The van der Waals surface area contributed by atoms with Gasteiger partial charge in [-0.25, -0.2) is 14.4 Å². The summed E-state index contributed by atoms with van der Waals surface area (Å²) in [6.07, 6.45) is 0.723. The largest absolute Gasteiger partial charge is 0.373 e. The predicted octanol–water partition coefficient (Wildman–Crippen LogP) is 3.85. The zero-order valence-corrected chi connectivity index (χ0v) is 11.8. The van der Waals surface area contributed by atoms with Crippen LogP contribution in [0, 0.1) is 12.7 Å². The Labute approximate surface area is 116 Å². The van der Waals surface area contributed by atoms with E-state index in [0.29, 0.717) is 10.6 Å². The molecule has 0 radical (unpaired) electrons. The first-order valence-electron chi connectivity index (χ1n) is 6.07. The average Bonchev–Trinajstić information content (AvgIpc) is 2.40. The van der Waals surface area contributed by atoms with Gasteiger partial charge in [0.1, 0.15) is 17.5 Å². The molecule has 0 saturated heterocycles. The van der Waals surface area contributed by atoms with Crippen molar-refractivity contribution in [2.45, 2.75) is 20.3 Å². The summed E-state index contributed by atoms with van der Waals surface area (Å²) >= 11 is 6.11. The van der Waals surface area contributed by atoms with Crippen LogP contribution in [0.1, 0.15) is 18.3 Å². The zero-order chi connectivity index (χ0) is 14.0. The Balaban J connectivity index is 2.66. The molecule has 1 aromatic carbocycles. The van der Waals surface area contributed by atoms with Crippen LogP contribution in [0.5, 0.6) is 0 Å². The third kappa shape index (κ3) is 2.68. The van der Waals surface area contributed by atoms with Crippen molar-refractivity contribution >= 4 is 17.4 Å². The molecule has 0 aliphatic heterocycles. The van der Waals surface area contributed by atoms with Gasteiger partial charge in [0, 0.05) is 24.6 Å². The molecule has 1 N–H and O–H groups in total. The fraction of sp³-hybridized carbons (Fsp3) is 0.286. The van der Waals surface area contributed by atoms with Crippen molar-refractivity contribution in [2.24, 2.45) is 0 Å². The van der Waals surface area contributed by atoms with Crippen LogP contribution in [-0.2, 0) is 6.42 Å². The van der Waals surface area contributed by atoms with E-state index in [2.05, 4.69) is 15.3 Å². The molecule has 2 rings (SSSR count). The molecule has 2 aromatic rings. The van der Waals surface area contributed by atoms with Crippen molar-refractivity contribution in [1.29, 1.82) is 0 Å². The molecule has 0 unspecified atom stereocenters. The van der Waals surface area contributed by atoms with Crippen LogP contribution < -0.4 is 5.32 Å². The molecule has 0 fully saturated rings. The Morgan fingerprint density at radius 1 is 1.32 bits per heavy atom. The van der Waals surface area contributed by atoms with Gasteiger partial charge in [-0.2, -0.15) is 0 Å². The minimum absolute atomic E-state index is 0.353. The van der Waals surface area contributed by atoms with Gasteiger partial charge in [0.25, 0.3) is 0 Å². The number of rotatable bonds is 3. The van der Waals surface area contributed by atoms with E-state index in [-0.39, 0.29) is 5.82 Å². The molecular weight excluding hydrogens is 265 g/mol. The van der Waals surface area contributed by atoms with Crippen molar-refractivity contribution in [3.8, 4) is 11.3 Å². The first kappa shape index (κ1) is 13.7. The third-order valence-corrected chi connectivity index (χ3v) is 3.24. The maximum absolute atomic E-state index is 13.1. The van der Waals surface area contributed by atoms with Gasteiger partial charge in [0.15, 0.2) is 0 Å². The van der Waals surface area contributed by atoms with Gasteiger partial charge in [-0.1, -0.05) is 18.5 Å². The van der Waals surface area contributed by atoms with Gasteiger partial charge in [0.05, 0.1) is 10.7 Å². The van der Waals surface area contributed by atoms with E-state index in [1.807, 2.05) is 20.9 Å². The fourth-order valence-corrected chi connectivity index (χ4v) is 2.16. The molecule has 0 spiro atoms. The van der Waals surface area contributed by atoms with Crippen LogP contribution in [0.2, 0.25) is 5.02 Å². The van der Waals surface area contributed by atoms with Gasteiger partial charge < -0.3 is 5.32 Å². The number of hydrogen-bond acceptors (Lipinski definition) is 3. The van der Waals surface area contributed by atoms with Crippen molar-refractivity contribution in [3.05, 3.63) is 40.4 Å². The highest BCUT2D eigenvalue weighted by Gasteiger charge is 2.14. The van der Waals surface area contributed by atoms with E-state index in [0.717, 1.165) is 29.3 Å². The summed E-state index contributed by atoms with van der Waals surface area (Å²) in [5, 5.41) is 3.40. The molecule has 0 amide bonds. The minimum atomic E-state index is -0.356. The molecule has 3 nitrogen and oxygen atoms in total. The van der Waals surface area contributed by atoms with E-state index in [9.17, 15) is 4.39 Å². The maximum atomic E-state index is 13.1. The lowest BCUT2D eigenvalue weighted by atomic mass is 10.1. The van der Waals surface area contributed by atoms with Gasteiger partial charge in [-0.05, 0) is 25.1 Å². The van der Waals surface area contributed by atoms with E-state index >= 15 is 0 Å². The molecular formula is C14H15ClFN3. The first-order chi connectivity index (χ1) is 9.06.